The maximum Gasteiger partial charge on any atom is 0.0669 e. The number of halogens is 1. The molecule has 2 rings (SSSR count). The average molecular weight is 252 g/mol. The zero-order valence-corrected chi connectivity index (χ0v) is 8.21. The summed E-state index contributed by atoms with van der Waals surface area (Å²) in [7, 11) is 0. The molecule has 2 heteroatoms. The second-order valence-electron chi connectivity index (χ2n) is 3.37. The van der Waals surface area contributed by atoms with Gasteiger partial charge in [0.25, 0.3) is 0 Å². The van der Waals surface area contributed by atoms with E-state index in [1.54, 1.807) is 0 Å². The third kappa shape index (κ3) is 1.47. The lowest BCUT2D eigenvalue weighted by atomic mass is 10.1. The Morgan fingerprint density at radius 2 is 2.00 bits per heavy atom. The van der Waals surface area contributed by atoms with Gasteiger partial charge in [0.15, 0.2) is 0 Å². The van der Waals surface area contributed by atoms with Gasteiger partial charge in [0, 0.05) is 4.43 Å². The van der Waals surface area contributed by atoms with Crippen LogP contribution in [-0.4, -0.2) is 16.6 Å². The fraction of sp³-hybridized carbons (Fsp3) is 1.00. The first-order valence-corrected chi connectivity index (χ1v) is 5.64. The SMILES string of the molecule is ICC1CCC(C2CC2)O1. The highest BCUT2D eigenvalue weighted by atomic mass is 127. The minimum Gasteiger partial charge on any atom is -0.374 e. The van der Waals surface area contributed by atoms with Crippen molar-refractivity contribution >= 4 is 22.6 Å². The van der Waals surface area contributed by atoms with Crippen molar-refractivity contribution in [3.8, 4) is 0 Å². The topological polar surface area (TPSA) is 9.23 Å². The Balaban J connectivity index is 1.81. The van der Waals surface area contributed by atoms with Gasteiger partial charge < -0.3 is 4.74 Å². The summed E-state index contributed by atoms with van der Waals surface area (Å²) in [5.41, 5.74) is 0. The largest absolute Gasteiger partial charge is 0.374 e. The maximum atomic E-state index is 5.83. The lowest BCUT2D eigenvalue weighted by Crippen LogP contribution is -2.13. The molecule has 0 aromatic carbocycles. The molecule has 1 saturated heterocycles. The molecule has 2 aliphatic rings. The molecule has 10 heavy (non-hydrogen) atoms. The van der Waals surface area contributed by atoms with E-state index in [1.165, 1.54) is 30.1 Å². The van der Waals surface area contributed by atoms with E-state index in [4.69, 9.17) is 4.74 Å². The zero-order valence-electron chi connectivity index (χ0n) is 6.05. The molecule has 0 amide bonds. The monoisotopic (exact) mass is 252 g/mol. The highest BCUT2D eigenvalue weighted by Gasteiger charge is 2.36. The molecular formula is C8H13IO. The van der Waals surface area contributed by atoms with Gasteiger partial charge >= 0.3 is 0 Å². The van der Waals surface area contributed by atoms with Crippen LogP contribution in [0.4, 0.5) is 0 Å². The Kier molecular flexibility index (Phi) is 2.18. The zero-order chi connectivity index (χ0) is 6.97. The highest BCUT2D eigenvalue weighted by Crippen LogP contribution is 2.40. The van der Waals surface area contributed by atoms with Crippen molar-refractivity contribution in [3.05, 3.63) is 0 Å². The molecule has 0 spiro atoms. The standard InChI is InChI=1S/C8H13IO/c9-5-7-3-4-8(10-7)6-1-2-6/h6-8H,1-5H2. The molecule has 1 heterocycles. The first-order chi connectivity index (χ1) is 4.90. The number of ether oxygens (including phenoxy) is 1. The maximum absolute atomic E-state index is 5.83. The Morgan fingerprint density at radius 1 is 1.20 bits per heavy atom. The second kappa shape index (κ2) is 2.97. The number of rotatable bonds is 2. The van der Waals surface area contributed by atoms with Crippen LogP contribution in [0.15, 0.2) is 0 Å². The van der Waals surface area contributed by atoms with Gasteiger partial charge in [-0.15, -0.1) is 0 Å². The Bertz CT molecular complexity index is 122. The van der Waals surface area contributed by atoms with E-state index in [-0.39, 0.29) is 0 Å². The Morgan fingerprint density at radius 3 is 2.50 bits per heavy atom. The van der Waals surface area contributed by atoms with E-state index in [0.717, 1.165) is 5.92 Å². The van der Waals surface area contributed by atoms with E-state index < -0.39 is 0 Å². The van der Waals surface area contributed by atoms with Gasteiger partial charge in [0.1, 0.15) is 0 Å². The molecule has 0 radical (unpaired) electrons. The van der Waals surface area contributed by atoms with Crippen LogP contribution in [0.1, 0.15) is 25.7 Å². The normalized spacial score (nSPS) is 40.5. The molecule has 1 aliphatic heterocycles. The van der Waals surface area contributed by atoms with Crippen LogP contribution in [0.25, 0.3) is 0 Å². The number of hydrogen-bond donors (Lipinski definition) is 0. The predicted molar refractivity (Wildman–Crippen MR) is 49.5 cm³/mol. The van der Waals surface area contributed by atoms with Crippen LogP contribution in [0.3, 0.4) is 0 Å². The minimum absolute atomic E-state index is 0.589. The van der Waals surface area contributed by atoms with Crippen LogP contribution in [0, 0.1) is 5.92 Å². The molecule has 1 aliphatic carbocycles. The van der Waals surface area contributed by atoms with E-state index in [0.29, 0.717) is 12.2 Å². The third-order valence-corrected chi connectivity index (χ3v) is 3.44. The van der Waals surface area contributed by atoms with Crippen molar-refractivity contribution < 1.29 is 4.74 Å². The number of hydrogen-bond acceptors (Lipinski definition) is 1. The first-order valence-electron chi connectivity index (χ1n) is 4.11. The van der Waals surface area contributed by atoms with Crippen LogP contribution in [0.5, 0.6) is 0 Å². The summed E-state index contributed by atoms with van der Waals surface area (Å²) in [6.45, 7) is 0. The van der Waals surface area contributed by atoms with Crippen LogP contribution in [0.2, 0.25) is 0 Å². The van der Waals surface area contributed by atoms with Crippen LogP contribution in [-0.2, 0) is 4.74 Å². The van der Waals surface area contributed by atoms with Crippen molar-refractivity contribution in [1.82, 2.24) is 0 Å². The summed E-state index contributed by atoms with van der Waals surface area (Å²) >= 11 is 2.42. The molecule has 1 nitrogen and oxygen atoms in total. The highest BCUT2D eigenvalue weighted by molar-refractivity contribution is 14.1. The van der Waals surface area contributed by atoms with Crippen molar-refractivity contribution in [2.24, 2.45) is 5.92 Å². The fourth-order valence-corrected chi connectivity index (χ4v) is 2.31. The molecule has 0 N–H and O–H groups in total. The summed E-state index contributed by atoms with van der Waals surface area (Å²) in [6, 6.07) is 0. The van der Waals surface area contributed by atoms with Gasteiger partial charge in [-0.1, -0.05) is 22.6 Å². The van der Waals surface area contributed by atoms with E-state index in [2.05, 4.69) is 22.6 Å². The Labute approximate surface area is 75.7 Å². The molecule has 2 fully saturated rings. The van der Waals surface area contributed by atoms with Gasteiger partial charge in [0.2, 0.25) is 0 Å². The average Bonchev–Trinajstić information content (AvgIpc) is 2.70. The smallest absolute Gasteiger partial charge is 0.0669 e. The van der Waals surface area contributed by atoms with Gasteiger partial charge in [-0.3, -0.25) is 0 Å². The van der Waals surface area contributed by atoms with E-state index in [1.807, 2.05) is 0 Å². The second-order valence-corrected chi connectivity index (χ2v) is 4.25. The van der Waals surface area contributed by atoms with Crippen molar-refractivity contribution in [2.75, 3.05) is 4.43 Å². The summed E-state index contributed by atoms with van der Waals surface area (Å²) in [5.74, 6) is 0.952. The lowest BCUT2D eigenvalue weighted by molar-refractivity contribution is 0.0468. The van der Waals surface area contributed by atoms with Crippen molar-refractivity contribution in [3.63, 3.8) is 0 Å². The van der Waals surface area contributed by atoms with Crippen LogP contribution >= 0.6 is 22.6 Å². The minimum atomic E-state index is 0.589. The van der Waals surface area contributed by atoms with Crippen LogP contribution < -0.4 is 0 Å². The first kappa shape index (κ1) is 7.35. The summed E-state index contributed by atoms with van der Waals surface area (Å²) in [4.78, 5) is 0. The molecule has 0 aromatic heterocycles. The molecule has 58 valence electrons. The molecular weight excluding hydrogens is 239 g/mol. The molecule has 2 unspecified atom stereocenters. The molecule has 0 aromatic rings. The van der Waals surface area contributed by atoms with Gasteiger partial charge in [-0.05, 0) is 31.6 Å². The van der Waals surface area contributed by atoms with E-state index in [9.17, 15) is 0 Å². The Hall–Kier alpha value is 0.690. The fourth-order valence-electron chi connectivity index (χ4n) is 1.66. The number of alkyl halides is 1. The molecule has 2 atom stereocenters. The predicted octanol–water partition coefficient (Wildman–Crippen LogP) is 2.38. The molecule has 1 saturated carbocycles. The van der Waals surface area contributed by atoms with Crippen molar-refractivity contribution in [2.45, 2.75) is 37.9 Å². The summed E-state index contributed by atoms with van der Waals surface area (Å²) < 4.78 is 7.01. The summed E-state index contributed by atoms with van der Waals surface area (Å²) in [6.07, 6.45) is 6.74. The van der Waals surface area contributed by atoms with Crippen molar-refractivity contribution in [1.29, 1.82) is 0 Å². The van der Waals surface area contributed by atoms with Gasteiger partial charge in [-0.2, -0.15) is 0 Å². The molecule has 0 bridgehead atoms. The van der Waals surface area contributed by atoms with Gasteiger partial charge in [0.05, 0.1) is 12.2 Å². The van der Waals surface area contributed by atoms with Gasteiger partial charge in [-0.25, -0.2) is 0 Å². The third-order valence-electron chi connectivity index (χ3n) is 2.46. The quantitative estimate of drug-likeness (QED) is 0.541. The van der Waals surface area contributed by atoms with E-state index >= 15 is 0 Å². The lowest BCUT2D eigenvalue weighted by Gasteiger charge is -2.09. The summed E-state index contributed by atoms with van der Waals surface area (Å²) in [5, 5.41) is 0.